The van der Waals surface area contributed by atoms with Gasteiger partial charge in [0, 0.05) is 21.3 Å². The van der Waals surface area contributed by atoms with Crippen LogP contribution in [0.1, 0.15) is 10.4 Å². The third kappa shape index (κ3) is 3.10. The summed E-state index contributed by atoms with van der Waals surface area (Å²) in [5.74, 6) is 0.0220. The number of rotatable bonds is 2. The first kappa shape index (κ1) is 12.2. The summed E-state index contributed by atoms with van der Waals surface area (Å²) in [6.07, 6.45) is 3.14. The van der Waals surface area contributed by atoms with Gasteiger partial charge >= 0.3 is 0 Å². The third-order valence-corrected chi connectivity index (χ3v) is 3.15. The van der Waals surface area contributed by atoms with Crippen molar-refractivity contribution in [2.75, 3.05) is 5.32 Å². The molecule has 17 heavy (non-hydrogen) atoms. The normalized spacial score (nSPS) is 10.0. The van der Waals surface area contributed by atoms with Crippen LogP contribution in [-0.4, -0.2) is 15.9 Å². The van der Waals surface area contributed by atoms with Crippen LogP contribution < -0.4 is 5.32 Å². The van der Waals surface area contributed by atoms with Crippen LogP contribution in [0.2, 0.25) is 0 Å². The second kappa shape index (κ2) is 5.37. The minimum Gasteiger partial charge on any atom is -0.290 e. The van der Waals surface area contributed by atoms with Gasteiger partial charge in [-0.3, -0.25) is 10.1 Å². The van der Waals surface area contributed by atoms with Gasteiger partial charge in [-0.15, -0.1) is 0 Å². The van der Waals surface area contributed by atoms with Gasteiger partial charge in [0.25, 0.3) is 5.91 Å². The first-order valence-electron chi connectivity index (χ1n) is 4.70. The first-order valence-corrected chi connectivity index (χ1v) is 6.29. The summed E-state index contributed by atoms with van der Waals surface area (Å²) in [6.45, 7) is 0. The highest BCUT2D eigenvalue weighted by Gasteiger charge is 2.11. The van der Waals surface area contributed by atoms with Crippen LogP contribution in [0.3, 0.4) is 0 Å². The Morgan fingerprint density at radius 1 is 1.18 bits per heavy atom. The van der Waals surface area contributed by atoms with Crippen LogP contribution in [0, 0.1) is 0 Å². The fourth-order valence-electron chi connectivity index (χ4n) is 1.20. The summed E-state index contributed by atoms with van der Waals surface area (Å²) >= 11 is 6.64. The lowest BCUT2D eigenvalue weighted by atomic mass is 10.2. The monoisotopic (exact) mass is 355 g/mol. The summed E-state index contributed by atoms with van der Waals surface area (Å²) in [6, 6.07) is 7.05. The van der Waals surface area contributed by atoms with Gasteiger partial charge in [-0.25, -0.2) is 9.97 Å². The van der Waals surface area contributed by atoms with Gasteiger partial charge in [0.1, 0.15) is 0 Å². The van der Waals surface area contributed by atoms with Crippen LogP contribution in [-0.2, 0) is 0 Å². The van der Waals surface area contributed by atoms with E-state index in [1.165, 1.54) is 0 Å². The second-order valence-electron chi connectivity index (χ2n) is 3.15. The molecule has 4 nitrogen and oxygen atoms in total. The maximum absolute atomic E-state index is 11.9. The molecular formula is C11H7Br2N3O. The van der Waals surface area contributed by atoms with E-state index in [1.54, 1.807) is 30.6 Å². The summed E-state index contributed by atoms with van der Waals surface area (Å²) in [5, 5.41) is 2.61. The van der Waals surface area contributed by atoms with E-state index < -0.39 is 0 Å². The number of amides is 1. The Balaban J connectivity index is 2.23. The predicted molar refractivity (Wildman–Crippen MR) is 71.8 cm³/mol. The molecule has 2 aromatic rings. The lowest BCUT2D eigenvalue weighted by molar-refractivity contribution is 0.102. The summed E-state index contributed by atoms with van der Waals surface area (Å²) < 4.78 is 1.55. The Morgan fingerprint density at radius 3 is 2.59 bits per heavy atom. The lowest BCUT2D eigenvalue weighted by Gasteiger charge is -2.05. The molecule has 0 radical (unpaired) electrons. The molecule has 0 aliphatic heterocycles. The molecule has 2 rings (SSSR count). The predicted octanol–water partition coefficient (Wildman–Crippen LogP) is 3.25. The molecule has 0 aliphatic carbocycles. The van der Waals surface area contributed by atoms with Crippen LogP contribution in [0.4, 0.5) is 5.95 Å². The summed E-state index contributed by atoms with van der Waals surface area (Å²) in [7, 11) is 0. The average Bonchev–Trinajstić information content (AvgIpc) is 2.33. The van der Waals surface area contributed by atoms with Gasteiger partial charge in [-0.1, -0.05) is 15.9 Å². The van der Waals surface area contributed by atoms with E-state index in [-0.39, 0.29) is 11.9 Å². The van der Waals surface area contributed by atoms with Crippen molar-refractivity contribution in [2.24, 2.45) is 0 Å². The topological polar surface area (TPSA) is 54.9 Å². The lowest BCUT2D eigenvalue weighted by Crippen LogP contribution is -2.14. The molecule has 1 aromatic heterocycles. The summed E-state index contributed by atoms with van der Waals surface area (Å²) in [4.78, 5) is 19.8. The average molecular weight is 357 g/mol. The van der Waals surface area contributed by atoms with Gasteiger partial charge < -0.3 is 0 Å². The fraction of sp³-hybridized carbons (Fsp3) is 0. The molecule has 0 spiro atoms. The number of nitrogens with zero attached hydrogens (tertiary/aromatic N) is 2. The Hall–Kier alpha value is -1.27. The molecule has 1 amide bonds. The number of aromatic nitrogens is 2. The molecule has 1 aromatic carbocycles. The van der Waals surface area contributed by atoms with Gasteiger partial charge in [-0.2, -0.15) is 0 Å². The third-order valence-electron chi connectivity index (χ3n) is 1.96. The zero-order valence-corrected chi connectivity index (χ0v) is 11.7. The molecule has 0 aliphatic rings. The first-order chi connectivity index (χ1) is 8.16. The number of carbonyl (C=O) groups excluding carboxylic acids is 1. The number of hydrogen-bond donors (Lipinski definition) is 1. The minimum absolute atomic E-state index is 0.260. The largest absolute Gasteiger partial charge is 0.290 e. The molecule has 0 unspecified atom stereocenters. The molecule has 1 N–H and O–H groups in total. The van der Waals surface area contributed by atoms with Crippen molar-refractivity contribution in [3.05, 3.63) is 51.2 Å². The van der Waals surface area contributed by atoms with Gasteiger partial charge in [0.15, 0.2) is 0 Å². The highest BCUT2D eigenvalue weighted by atomic mass is 79.9. The zero-order chi connectivity index (χ0) is 12.3. The SMILES string of the molecule is O=C(Nc1ncccn1)c1cc(Br)ccc1Br. The van der Waals surface area contributed by atoms with Crippen LogP contribution in [0.15, 0.2) is 45.6 Å². The molecule has 86 valence electrons. The molecule has 0 fully saturated rings. The van der Waals surface area contributed by atoms with E-state index in [0.29, 0.717) is 10.0 Å². The molecule has 1 heterocycles. The molecule has 0 saturated heterocycles. The fourth-order valence-corrected chi connectivity index (χ4v) is 1.99. The Morgan fingerprint density at radius 2 is 1.88 bits per heavy atom. The smallest absolute Gasteiger partial charge is 0.259 e. The van der Waals surface area contributed by atoms with Crippen molar-refractivity contribution in [1.29, 1.82) is 0 Å². The van der Waals surface area contributed by atoms with Crippen molar-refractivity contribution in [2.45, 2.75) is 0 Å². The van der Waals surface area contributed by atoms with Crippen LogP contribution >= 0.6 is 31.9 Å². The van der Waals surface area contributed by atoms with Gasteiger partial charge in [0.05, 0.1) is 5.56 Å². The maximum atomic E-state index is 11.9. The number of carbonyl (C=O) groups is 1. The Kier molecular flexibility index (Phi) is 3.86. The quantitative estimate of drug-likeness (QED) is 0.898. The van der Waals surface area contributed by atoms with E-state index in [0.717, 1.165) is 4.47 Å². The molecule has 0 bridgehead atoms. The van der Waals surface area contributed by atoms with E-state index in [4.69, 9.17) is 0 Å². The van der Waals surface area contributed by atoms with E-state index >= 15 is 0 Å². The van der Waals surface area contributed by atoms with Gasteiger partial charge in [-0.05, 0) is 40.2 Å². The highest BCUT2D eigenvalue weighted by molar-refractivity contribution is 9.11. The van der Waals surface area contributed by atoms with Crippen molar-refractivity contribution in [3.63, 3.8) is 0 Å². The van der Waals surface area contributed by atoms with Crippen LogP contribution in [0.25, 0.3) is 0 Å². The molecular weight excluding hydrogens is 350 g/mol. The Labute approximate surface area is 115 Å². The number of anilines is 1. The zero-order valence-electron chi connectivity index (χ0n) is 8.52. The summed E-state index contributed by atoms with van der Waals surface area (Å²) in [5.41, 5.74) is 0.520. The number of benzene rings is 1. The second-order valence-corrected chi connectivity index (χ2v) is 4.92. The van der Waals surface area contributed by atoms with Gasteiger partial charge in [0.2, 0.25) is 5.95 Å². The molecule has 0 atom stereocenters. The van der Waals surface area contributed by atoms with Crippen LogP contribution in [0.5, 0.6) is 0 Å². The molecule has 0 saturated carbocycles. The van der Waals surface area contributed by atoms with Crippen molar-refractivity contribution >= 4 is 43.7 Å². The van der Waals surface area contributed by atoms with Crippen molar-refractivity contribution in [3.8, 4) is 0 Å². The number of hydrogen-bond acceptors (Lipinski definition) is 3. The highest BCUT2D eigenvalue weighted by Crippen LogP contribution is 2.22. The number of nitrogens with one attached hydrogen (secondary N) is 1. The van der Waals surface area contributed by atoms with Crippen molar-refractivity contribution in [1.82, 2.24) is 9.97 Å². The van der Waals surface area contributed by atoms with E-state index in [9.17, 15) is 4.79 Å². The van der Waals surface area contributed by atoms with Crippen molar-refractivity contribution < 1.29 is 4.79 Å². The van der Waals surface area contributed by atoms with E-state index in [2.05, 4.69) is 47.1 Å². The minimum atomic E-state index is -0.260. The maximum Gasteiger partial charge on any atom is 0.259 e. The Bertz CT molecular complexity index is 546. The standard InChI is InChI=1S/C11H7Br2N3O/c12-7-2-3-9(13)8(6-7)10(17)16-11-14-4-1-5-15-11/h1-6H,(H,14,15,16,17). The number of halogens is 2. The van der Waals surface area contributed by atoms with E-state index in [1.807, 2.05) is 6.07 Å². The molecule has 6 heteroatoms.